The fourth-order valence-electron chi connectivity index (χ4n) is 1.76. The van der Waals surface area contributed by atoms with Crippen molar-refractivity contribution in [3.05, 3.63) is 11.1 Å². The van der Waals surface area contributed by atoms with Crippen molar-refractivity contribution >= 4 is 16.5 Å². The molecule has 0 aromatic carbocycles. The van der Waals surface area contributed by atoms with Crippen LogP contribution in [-0.2, 0) is 0 Å². The van der Waals surface area contributed by atoms with Crippen LogP contribution >= 0.6 is 11.3 Å². The fraction of sp³-hybridized carbons (Fsp3) is 0.700. The predicted octanol–water partition coefficient (Wildman–Crippen LogP) is 2.02. The SMILES string of the molecule is Cc1cnc(NCCC2CC(O)C2)s1. The normalized spacial score (nSPS) is 25.9. The number of rotatable bonds is 4. The summed E-state index contributed by atoms with van der Waals surface area (Å²) in [4.78, 5) is 5.47. The Kier molecular flexibility index (Phi) is 3.03. The second-order valence-corrected chi connectivity index (χ2v) is 5.22. The van der Waals surface area contributed by atoms with Crippen LogP contribution in [0.2, 0.25) is 0 Å². The first kappa shape index (κ1) is 9.93. The second kappa shape index (κ2) is 4.28. The van der Waals surface area contributed by atoms with Gasteiger partial charge in [0, 0.05) is 17.6 Å². The van der Waals surface area contributed by atoms with Gasteiger partial charge >= 0.3 is 0 Å². The predicted molar refractivity (Wildman–Crippen MR) is 58.7 cm³/mol. The van der Waals surface area contributed by atoms with Crippen LogP contribution in [0, 0.1) is 12.8 Å². The van der Waals surface area contributed by atoms with E-state index < -0.39 is 0 Å². The third-order valence-electron chi connectivity index (χ3n) is 2.66. The summed E-state index contributed by atoms with van der Waals surface area (Å²) >= 11 is 1.69. The van der Waals surface area contributed by atoms with E-state index in [1.54, 1.807) is 11.3 Å². The highest BCUT2D eigenvalue weighted by atomic mass is 32.1. The first-order valence-corrected chi connectivity index (χ1v) is 5.90. The minimum atomic E-state index is -0.0258. The zero-order valence-electron chi connectivity index (χ0n) is 8.36. The van der Waals surface area contributed by atoms with Crippen molar-refractivity contribution in [2.75, 3.05) is 11.9 Å². The zero-order valence-corrected chi connectivity index (χ0v) is 9.18. The van der Waals surface area contributed by atoms with Crippen molar-refractivity contribution in [2.24, 2.45) is 5.92 Å². The van der Waals surface area contributed by atoms with Crippen LogP contribution in [0.25, 0.3) is 0 Å². The number of hydrogen-bond donors (Lipinski definition) is 2. The third-order valence-corrected chi connectivity index (χ3v) is 3.53. The first-order valence-electron chi connectivity index (χ1n) is 5.08. The lowest BCUT2D eigenvalue weighted by Crippen LogP contribution is -2.29. The summed E-state index contributed by atoms with van der Waals surface area (Å²) in [6.07, 6.45) is 4.98. The number of nitrogens with zero attached hydrogens (tertiary/aromatic N) is 1. The quantitative estimate of drug-likeness (QED) is 0.802. The zero-order chi connectivity index (χ0) is 9.97. The lowest BCUT2D eigenvalue weighted by Gasteiger charge is -2.31. The van der Waals surface area contributed by atoms with Gasteiger partial charge in [0.05, 0.1) is 6.10 Å². The smallest absolute Gasteiger partial charge is 0.182 e. The number of aryl methyl sites for hydroxylation is 1. The van der Waals surface area contributed by atoms with E-state index in [1.807, 2.05) is 6.20 Å². The number of nitrogens with one attached hydrogen (secondary N) is 1. The van der Waals surface area contributed by atoms with Crippen LogP contribution in [0.1, 0.15) is 24.1 Å². The number of aliphatic hydroxyl groups excluding tert-OH is 1. The minimum Gasteiger partial charge on any atom is -0.393 e. The van der Waals surface area contributed by atoms with Crippen molar-refractivity contribution < 1.29 is 5.11 Å². The first-order chi connectivity index (χ1) is 6.74. The molecule has 0 radical (unpaired) electrons. The van der Waals surface area contributed by atoms with E-state index >= 15 is 0 Å². The number of anilines is 1. The largest absolute Gasteiger partial charge is 0.393 e. The molecule has 0 bridgehead atoms. The van der Waals surface area contributed by atoms with Crippen molar-refractivity contribution in [1.82, 2.24) is 4.98 Å². The summed E-state index contributed by atoms with van der Waals surface area (Å²) in [7, 11) is 0. The monoisotopic (exact) mass is 212 g/mol. The Balaban J connectivity index is 1.63. The van der Waals surface area contributed by atoms with Gasteiger partial charge in [0.2, 0.25) is 0 Å². The highest BCUT2D eigenvalue weighted by Crippen LogP contribution is 2.30. The van der Waals surface area contributed by atoms with Crippen molar-refractivity contribution in [3.8, 4) is 0 Å². The molecule has 1 aromatic rings. The maximum Gasteiger partial charge on any atom is 0.182 e. The summed E-state index contributed by atoms with van der Waals surface area (Å²) in [6.45, 7) is 3.04. The molecule has 0 saturated heterocycles. The summed E-state index contributed by atoms with van der Waals surface area (Å²) in [6, 6.07) is 0. The van der Waals surface area contributed by atoms with Gasteiger partial charge in [0.1, 0.15) is 0 Å². The van der Waals surface area contributed by atoms with Crippen LogP contribution in [0.5, 0.6) is 0 Å². The lowest BCUT2D eigenvalue weighted by atomic mass is 9.80. The number of hydrogen-bond acceptors (Lipinski definition) is 4. The van der Waals surface area contributed by atoms with Gasteiger partial charge in [-0.3, -0.25) is 0 Å². The molecule has 2 rings (SSSR count). The topological polar surface area (TPSA) is 45.2 Å². The van der Waals surface area contributed by atoms with Gasteiger partial charge in [-0.15, -0.1) is 11.3 Å². The molecule has 1 aliphatic carbocycles. The van der Waals surface area contributed by atoms with E-state index in [-0.39, 0.29) is 6.10 Å². The molecule has 14 heavy (non-hydrogen) atoms. The average Bonchev–Trinajstić information content (AvgIpc) is 2.48. The van der Waals surface area contributed by atoms with Crippen LogP contribution < -0.4 is 5.32 Å². The molecule has 0 aliphatic heterocycles. The van der Waals surface area contributed by atoms with Crippen molar-refractivity contribution in [3.63, 3.8) is 0 Å². The molecular weight excluding hydrogens is 196 g/mol. The molecule has 78 valence electrons. The molecule has 0 amide bonds. The van der Waals surface area contributed by atoms with Gasteiger partial charge in [0.15, 0.2) is 5.13 Å². The molecule has 1 fully saturated rings. The molecule has 1 aromatic heterocycles. The molecule has 2 N–H and O–H groups in total. The molecule has 3 nitrogen and oxygen atoms in total. The molecule has 1 heterocycles. The standard InChI is InChI=1S/C10H16N2OS/c1-7-6-12-10(14-7)11-3-2-8-4-9(13)5-8/h6,8-9,13H,2-5H2,1H3,(H,11,12). The third kappa shape index (κ3) is 2.45. The van der Waals surface area contributed by atoms with Crippen LogP contribution in [0.3, 0.4) is 0 Å². The maximum atomic E-state index is 9.11. The highest BCUT2D eigenvalue weighted by Gasteiger charge is 2.26. The Bertz CT molecular complexity index is 294. The highest BCUT2D eigenvalue weighted by molar-refractivity contribution is 7.15. The Labute approximate surface area is 88.2 Å². The molecular formula is C10H16N2OS. The van der Waals surface area contributed by atoms with E-state index in [4.69, 9.17) is 5.11 Å². The minimum absolute atomic E-state index is 0.0258. The van der Waals surface area contributed by atoms with Crippen molar-refractivity contribution in [1.29, 1.82) is 0 Å². The average molecular weight is 212 g/mol. The number of aliphatic hydroxyl groups is 1. The van der Waals surface area contributed by atoms with E-state index in [0.717, 1.165) is 36.9 Å². The summed E-state index contributed by atoms with van der Waals surface area (Å²) < 4.78 is 0. The Morgan fingerprint density at radius 2 is 2.43 bits per heavy atom. The maximum absolute atomic E-state index is 9.11. The lowest BCUT2D eigenvalue weighted by molar-refractivity contribution is 0.0408. The van der Waals surface area contributed by atoms with E-state index in [2.05, 4.69) is 17.2 Å². The summed E-state index contributed by atoms with van der Waals surface area (Å²) in [5, 5.41) is 13.4. The fourth-order valence-corrected chi connectivity index (χ4v) is 2.45. The van der Waals surface area contributed by atoms with Crippen molar-refractivity contribution in [2.45, 2.75) is 32.3 Å². The van der Waals surface area contributed by atoms with Crippen LogP contribution in [0.4, 0.5) is 5.13 Å². The Morgan fingerprint density at radius 3 is 3.00 bits per heavy atom. The molecule has 1 aliphatic rings. The summed E-state index contributed by atoms with van der Waals surface area (Å²) in [5.41, 5.74) is 0. The van der Waals surface area contributed by atoms with Gasteiger partial charge in [-0.1, -0.05) is 0 Å². The molecule has 1 saturated carbocycles. The van der Waals surface area contributed by atoms with E-state index in [9.17, 15) is 0 Å². The van der Waals surface area contributed by atoms with Crippen LogP contribution in [0.15, 0.2) is 6.20 Å². The summed E-state index contributed by atoms with van der Waals surface area (Å²) in [5.74, 6) is 0.721. The molecule has 0 spiro atoms. The molecule has 0 unspecified atom stereocenters. The van der Waals surface area contributed by atoms with Gasteiger partial charge in [-0.05, 0) is 32.1 Å². The van der Waals surface area contributed by atoms with Gasteiger partial charge in [-0.25, -0.2) is 4.98 Å². The molecule has 4 heteroatoms. The molecule has 0 atom stereocenters. The number of thiazole rings is 1. The Hall–Kier alpha value is -0.610. The van der Waals surface area contributed by atoms with Gasteiger partial charge in [0.25, 0.3) is 0 Å². The van der Waals surface area contributed by atoms with Crippen LogP contribution in [-0.4, -0.2) is 22.7 Å². The van der Waals surface area contributed by atoms with Gasteiger partial charge in [-0.2, -0.15) is 0 Å². The van der Waals surface area contributed by atoms with E-state index in [0.29, 0.717) is 0 Å². The Morgan fingerprint density at radius 1 is 1.64 bits per heavy atom. The second-order valence-electron chi connectivity index (χ2n) is 3.98. The number of aromatic nitrogens is 1. The van der Waals surface area contributed by atoms with E-state index in [1.165, 1.54) is 4.88 Å². The van der Waals surface area contributed by atoms with Gasteiger partial charge < -0.3 is 10.4 Å².